The van der Waals surface area contributed by atoms with Gasteiger partial charge in [-0.2, -0.15) is 4.31 Å². The first-order valence-electron chi connectivity index (χ1n) is 7.03. The van der Waals surface area contributed by atoms with Crippen LogP contribution in [0, 0.1) is 13.8 Å². The summed E-state index contributed by atoms with van der Waals surface area (Å²) in [5.41, 5.74) is 0.258. The first kappa shape index (κ1) is 16.0. The van der Waals surface area contributed by atoms with E-state index in [1.54, 1.807) is 25.1 Å². The third-order valence-electron chi connectivity index (χ3n) is 4.18. The van der Waals surface area contributed by atoms with Gasteiger partial charge >= 0.3 is 5.97 Å². The maximum Gasteiger partial charge on any atom is 0.324 e. The van der Waals surface area contributed by atoms with E-state index < -0.39 is 21.5 Å². The minimum absolute atomic E-state index is 0.197. The topological polar surface area (TPSA) is 74.7 Å². The average molecular weight is 311 g/mol. The van der Waals surface area contributed by atoms with E-state index in [0.29, 0.717) is 18.4 Å². The predicted octanol–water partition coefficient (Wildman–Crippen LogP) is 2.32. The molecule has 1 aliphatic rings. The van der Waals surface area contributed by atoms with Gasteiger partial charge in [0.2, 0.25) is 10.0 Å². The number of rotatable bonds is 3. The van der Waals surface area contributed by atoms with Crippen molar-refractivity contribution in [2.45, 2.75) is 50.5 Å². The largest absolute Gasteiger partial charge is 0.480 e. The van der Waals surface area contributed by atoms with E-state index in [4.69, 9.17) is 0 Å². The average Bonchev–Trinajstić information content (AvgIpc) is 2.38. The molecule has 0 saturated carbocycles. The number of hydrogen-bond donors (Lipinski definition) is 1. The number of aryl methyl sites for hydroxylation is 2. The van der Waals surface area contributed by atoms with E-state index in [1.807, 2.05) is 6.92 Å². The molecular weight excluding hydrogens is 290 g/mol. The first-order chi connectivity index (χ1) is 9.69. The number of piperidine rings is 1. The molecule has 2 rings (SSSR count). The molecule has 116 valence electrons. The van der Waals surface area contributed by atoms with Gasteiger partial charge in [-0.05, 0) is 51.7 Å². The summed E-state index contributed by atoms with van der Waals surface area (Å²) in [7, 11) is -3.81. The Hall–Kier alpha value is -1.40. The number of hydrogen-bond acceptors (Lipinski definition) is 3. The molecule has 1 heterocycles. The predicted molar refractivity (Wildman–Crippen MR) is 79.7 cm³/mol. The molecule has 1 N–H and O–H groups in total. The van der Waals surface area contributed by atoms with Crippen LogP contribution in [0.3, 0.4) is 0 Å². The molecule has 1 aromatic carbocycles. The third-order valence-corrected chi connectivity index (χ3v) is 6.36. The monoisotopic (exact) mass is 311 g/mol. The highest BCUT2D eigenvalue weighted by Crippen LogP contribution is 2.34. The van der Waals surface area contributed by atoms with Crippen LogP contribution in [0.25, 0.3) is 0 Å². The van der Waals surface area contributed by atoms with Crippen molar-refractivity contribution in [2.24, 2.45) is 0 Å². The van der Waals surface area contributed by atoms with Crippen molar-refractivity contribution < 1.29 is 18.3 Å². The molecular formula is C15H21NO4S. The van der Waals surface area contributed by atoms with Crippen LogP contribution >= 0.6 is 0 Å². The Bertz CT molecular complexity index is 668. The van der Waals surface area contributed by atoms with Gasteiger partial charge in [0.25, 0.3) is 0 Å². The molecule has 21 heavy (non-hydrogen) atoms. The summed E-state index contributed by atoms with van der Waals surface area (Å²) in [6.07, 6.45) is 1.75. The van der Waals surface area contributed by atoms with Crippen molar-refractivity contribution in [2.75, 3.05) is 6.54 Å². The smallest absolute Gasteiger partial charge is 0.324 e. The van der Waals surface area contributed by atoms with Crippen LogP contribution in [0.2, 0.25) is 0 Å². The zero-order valence-corrected chi connectivity index (χ0v) is 13.4. The van der Waals surface area contributed by atoms with Crippen LogP contribution in [0.1, 0.15) is 37.3 Å². The van der Waals surface area contributed by atoms with Crippen LogP contribution in [-0.2, 0) is 14.8 Å². The number of carbonyl (C=O) groups is 1. The molecule has 0 spiro atoms. The first-order valence-corrected chi connectivity index (χ1v) is 8.47. The Morgan fingerprint density at radius 1 is 1.29 bits per heavy atom. The van der Waals surface area contributed by atoms with E-state index >= 15 is 0 Å². The van der Waals surface area contributed by atoms with Crippen molar-refractivity contribution in [1.82, 2.24) is 4.31 Å². The second-order valence-electron chi connectivity index (χ2n) is 5.88. The second kappa shape index (κ2) is 5.42. The van der Waals surface area contributed by atoms with Gasteiger partial charge in [-0.15, -0.1) is 0 Å². The summed E-state index contributed by atoms with van der Waals surface area (Å²) >= 11 is 0. The molecule has 1 aliphatic heterocycles. The minimum atomic E-state index is -3.81. The summed E-state index contributed by atoms with van der Waals surface area (Å²) in [6.45, 7) is 5.38. The van der Waals surface area contributed by atoms with Crippen molar-refractivity contribution in [1.29, 1.82) is 0 Å². The lowest BCUT2D eigenvalue weighted by molar-refractivity contribution is -0.149. The molecule has 0 aromatic heterocycles. The Labute approximate surface area is 125 Å². The highest BCUT2D eigenvalue weighted by atomic mass is 32.2. The Morgan fingerprint density at radius 3 is 2.52 bits per heavy atom. The summed E-state index contributed by atoms with van der Waals surface area (Å²) < 4.78 is 27.0. The Kier molecular flexibility index (Phi) is 4.13. The van der Waals surface area contributed by atoms with E-state index in [-0.39, 0.29) is 11.4 Å². The molecule has 6 heteroatoms. The summed E-state index contributed by atoms with van der Waals surface area (Å²) in [4.78, 5) is 11.8. The van der Waals surface area contributed by atoms with E-state index in [9.17, 15) is 18.3 Å². The van der Waals surface area contributed by atoms with E-state index in [2.05, 4.69) is 0 Å². The number of nitrogens with zero attached hydrogens (tertiary/aromatic N) is 1. The maximum absolute atomic E-state index is 12.9. The van der Waals surface area contributed by atoms with Crippen molar-refractivity contribution in [3.8, 4) is 0 Å². The van der Waals surface area contributed by atoms with Crippen LogP contribution in [-0.4, -0.2) is 35.9 Å². The zero-order chi connectivity index (χ0) is 15.8. The molecule has 0 aliphatic carbocycles. The molecule has 1 atom stereocenters. The van der Waals surface area contributed by atoms with Gasteiger partial charge in [-0.3, -0.25) is 4.79 Å². The summed E-state index contributed by atoms with van der Waals surface area (Å²) in [5, 5.41) is 9.49. The molecule has 5 nitrogen and oxygen atoms in total. The van der Waals surface area contributed by atoms with E-state index in [0.717, 1.165) is 16.3 Å². The molecule has 1 unspecified atom stereocenters. The highest BCUT2D eigenvalue weighted by Gasteiger charge is 2.48. The standard InChI is InChI=1S/C15H21NO4S/c1-11-6-7-13(12(2)10-11)21(19,20)16-9-5-4-8-15(16,3)14(17)18/h6-7,10H,4-5,8-9H2,1-3H3,(H,17,18). The molecule has 1 saturated heterocycles. The molecule has 1 aromatic rings. The summed E-state index contributed by atoms with van der Waals surface area (Å²) in [6, 6.07) is 5.10. The van der Waals surface area contributed by atoms with Crippen molar-refractivity contribution >= 4 is 16.0 Å². The van der Waals surface area contributed by atoms with E-state index in [1.165, 1.54) is 6.92 Å². The number of sulfonamides is 1. The van der Waals surface area contributed by atoms with Gasteiger partial charge in [-0.25, -0.2) is 8.42 Å². The third kappa shape index (κ3) is 2.70. The van der Waals surface area contributed by atoms with Gasteiger partial charge in [0.1, 0.15) is 5.54 Å². The summed E-state index contributed by atoms with van der Waals surface area (Å²) in [5.74, 6) is -1.09. The van der Waals surface area contributed by atoms with Gasteiger partial charge in [-0.1, -0.05) is 17.7 Å². The normalized spacial score (nSPS) is 24.0. The fourth-order valence-electron chi connectivity index (χ4n) is 2.90. The van der Waals surface area contributed by atoms with Gasteiger partial charge in [0.15, 0.2) is 0 Å². The Morgan fingerprint density at radius 2 is 1.95 bits per heavy atom. The number of carboxylic acids is 1. The molecule has 1 fully saturated rings. The highest BCUT2D eigenvalue weighted by molar-refractivity contribution is 7.89. The lowest BCUT2D eigenvalue weighted by Gasteiger charge is -2.40. The molecule has 0 radical (unpaired) electrons. The fraction of sp³-hybridized carbons (Fsp3) is 0.533. The van der Waals surface area contributed by atoms with Gasteiger partial charge in [0, 0.05) is 6.54 Å². The lowest BCUT2D eigenvalue weighted by Crippen LogP contribution is -2.57. The number of carboxylic acid groups (broad SMARTS) is 1. The van der Waals surface area contributed by atoms with Crippen molar-refractivity contribution in [3.63, 3.8) is 0 Å². The number of benzene rings is 1. The quantitative estimate of drug-likeness (QED) is 0.929. The zero-order valence-electron chi connectivity index (χ0n) is 12.6. The van der Waals surface area contributed by atoms with Crippen LogP contribution in [0.15, 0.2) is 23.1 Å². The fourth-order valence-corrected chi connectivity index (χ4v) is 4.92. The van der Waals surface area contributed by atoms with Gasteiger partial charge in [0.05, 0.1) is 4.90 Å². The van der Waals surface area contributed by atoms with Crippen molar-refractivity contribution in [3.05, 3.63) is 29.3 Å². The maximum atomic E-state index is 12.9. The van der Waals surface area contributed by atoms with Crippen LogP contribution in [0.5, 0.6) is 0 Å². The second-order valence-corrected chi connectivity index (χ2v) is 7.71. The van der Waals surface area contributed by atoms with Crippen LogP contribution < -0.4 is 0 Å². The molecule has 0 bridgehead atoms. The SMILES string of the molecule is Cc1ccc(S(=O)(=O)N2CCCCC2(C)C(=O)O)c(C)c1. The molecule has 0 amide bonds. The lowest BCUT2D eigenvalue weighted by atomic mass is 9.91. The number of aliphatic carboxylic acids is 1. The van der Waals surface area contributed by atoms with Crippen LogP contribution in [0.4, 0.5) is 0 Å². The Balaban J connectivity index is 2.53. The minimum Gasteiger partial charge on any atom is -0.480 e. The van der Waals surface area contributed by atoms with Gasteiger partial charge < -0.3 is 5.11 Å².